The van der Waals surface area contributed by atoms with Gasteiger partial charge in [-0.25, -0.2) is 4.79 Å². The van der Waals surface area contributed by atoms with Crippen molar-refractivity contribution in [3.8, 4) is 0 Å². The number of nitrogens with zero attached hydrogens (tertiary/aromatic N) is 1. The van der Waals surface area contributed by atoms with Crippen LogP contribution >= 0.6 is 0 Å². The number of amides is 2. The largest absolute Gasteiger partial charge is 0.444 e. The number of carbonyl (C=O) groups excluding carboxylic acids is 2. The zero-order valence-electron chi connectivity index (χ0n) is 17.0. The van der Waals surface area contributed by atoms with Crippen molar-refractivity contribution in [3.05, 3.63) is 0 Å². The molecule has 2 aliphatic carbocycles. The number of nitrogens with one attached hydrogen (secondary N) is 2. The molecule has 1 heterocycles. The predicted molar refractivity (Wildman–Crippen MR) is 102 cm³/mol. The van der Waals surface area contributed by atoms with Crippen LogP contribution in [0, 0.1) is 11.8 Å². The zero-order valence-corrected chi connectivity index (χ0v) is 17.0. The summed E-state index contributed by atoms with van der Waals surface area (Å²) in [6.07, 6.45) is 5.38. The summed E-state index contributed by atoms with van der Waals surface area (Å²) in [7, 11) is 0. The van der Waals surface area contributed by atoms with Crippen LogP contribution in [0.1, 0.15) is 52.9 Å². The van der Waals surface area contributed by atoms with E-state index in [2.05, 4.69) is 10.6 Å². The lowest BCUT2D eigenvalue weighted by Gasteiger charge is -2.41. The normalized spacial score (nSPS) is 28.9. The quantitative estimate of drug-likeness (QED) is 0.735. The lowest BCUT2D eigenvalue weighted by Crippen LogP contribution is -2.56. The molecule has 1 aliphatic heterocycles. The van der Waals surface area contributed by atoms with Crippen molar-refractivity contribution in [1.82, 2.24) is 15.5 Å². The summed E-state index contributed by atoms with van der Waals surface area (Å²) < 4.78 is 11.3. The molecule has 2 saturated carbocycles. The molecule has 2 amide bonds. The molecule has 7 nitrogen and oxygen atoms in total. The standard InChI is InChI=1S/C20H35N3O4/c1-20(2,3)27-19(25)23-9-10-26-13-17(23)15-5-4-6-16(15)21-12-18(24)22-11-14-7-8-14/h14-17,21H,4-13H2,1-3H3,(H,22,24). The first-order chi connectivity index (χ1) is 12.8. The van der Waals surface area contributed by atoms with Gasteiger partial charge in [-0.2, -0.15) is 0 Å². The second kappa shape index (κ2) is 8.78. The van der Waals surface area contributed by atoms with Gasteiger partial charge in [-0.05, 0) is 58.3 Å². The average Bonchev–Trinajstić information content (AvgIpc) is 3.32. The molecule has 3 aliphatic rings. The Morgan fingerprint density at radius 3 is 2.67 bits per heavy atom. The Balaban J connectivity index is 1.54. The first-order valence-electron chi connectivity index (χ1n) is 10.4. The second-order valence-corrected chi connectivity index (χ2v) is 9.15. The summed E-state index contributed by atoms with van der Waals surface area (Å²) in [5.74, 6) is 1.04. The van der Waals surface area contributed by atoms with Crippen LogP contribution in [0.15, 0.2) is 0 Å². The molecule has 0 aromatic heterocycles. The van der Waals surface area contributed by atoms with Gasteiger partial charge in [0.05, 0.1) is 25.8 Å². The topological polar surface area (TPSA) is 79.9 Å². The van der Waals surface area contributed by atoms with Crippen LogP contribution in [0.2, 0.25) is 0 Å². The molecule has 3 atom stereocenters. The van der Waals surface area contributed by atoms with Crippen LogP contribution in [0.25, 0.3) is 0 Å². The fraction of sp³-hybridized carbons (Fsp3) is 0.900. The van der Waals surface area contributed by atoms with Crippen molar-refractivity contribution in [2.45, 2.75) is 70.6 Å². The summed E-state index contributed by atoms with van der Waals surface area (Å²) in [6.45, 7) is 8.46. The minimum absolute atomic E-state index is 0.00289. The van der Waals surface area contributed by atoms with Gasteiger partial charge in [0.1, 0.15) is 5.60 Å². The molecule has 0 aromatic carbocycles. The maximum absolute atomic E-state index is 12.7. The Labute approximate surface area is 162 Å². The van der Waals surface area contributed by atoms with E-state index in [0.717, 1.165) is 25.8 Å². The van der Waals surface area contributed by atoms with Gasteiger partial charge in [0.15, 0.2) is 0 Å². The Morgan fingerprint density at radius 1 is 1.19 bits per heavy atom. The van der Waals surface area contributed by atoms with E-state index in [-0.39, 0.29) is 30.0 Å². The van der Waals surface area contributed by atoms with Gasteiger partial charge in [-0.3, -0.25) is 4.79 Å². The van der Waals surface area contributed by atoms with E-state index >= 15 is 0 Å². The van der Waals surface area contributed by atoms with Crippen LogP contribution < -0.4 is 10.6 Å². The number of hydrogen-bond acceptors (Lipinski definition) is 5. The minimum atomic E-state index is -0.507. The van der Waals surface area contributed by atoms with E-state index in [1.807, 2.05) is 25.7 Å². The number of morpholine rings is 1. The molecule has 0 spiro atoms. The van der Waals surface area contributed by atoms with Gasteiger partial charge in [0.25, 0.3) is 0 Å². The molecule has 0 bridgehead atoms. The molecule has 27 heavy (non-hydrogen) atoms. The first kappa shape index (κ1) is 20.4. The molecule has 0 aromatic rings. The molecule has 1 saturated heterocycles. The van der Waals surface area contributed by atoms with Crippen LogP contribution in [0.5, 0.6) is 0 Å². The lowest BCUT2D eigenvalue weighted by molar-refractivity contribution is -0.120. The van der Waals surface area contributed by atoms with Gasteiger partial charge in [-0.15, -0.1) is 0 Å². The van der Waals surface area contributed by atoms with E-state index in [4.69, 9.17) is 9.47 Å². The molecule has 3 rings (SSSR count). The van der Waals surface area contributed by atoms with Gasteiger partial charge in [0, 0.05) is 19.1 Å². The highest BCUT2D eigenvalue weighted by molar-refractivity contribution is 5.78. The first-order valence-corrected chi connectivity index (χ1v) is 10.4. The van der Waals surface area contributed by atoms with E-state index < -0.39 is 5.60 Å². The summed E-state index contributed by atoms with van der Waals surface area (Å²) in [4.78, 5) is 26.6. The van der Waals surface area contributed by atoms with Gasteiger partial charge in [-0.1, -0.05) is 6.42 Å². The van der Waals surface area contributed by atoms with Gasteiger partial charge in [0.2, 0.25) is 5.91 Å². The highest BCUT2D eigenvalue weighted by Gasteiger charge is 2.41. The Hall–Kier alpha value is -1.34. The molecule has 2 N–H and O–H groups in total. The third-order valence-corrected chi connectivity index (χ3v) is 5.67. The fourth-order valence-corrected chi connectivity index (χ4v) is 4.09. The summed E-state index contributed by atoms with van der Waals surface area (Å²) >= 11 is 0. The molecule has 154 valence electrons. The second-order valence-electron chi connectivity index (χ2n) is 9.15. The van der Waals surface area contributed by atoms with Crippen LogP contribution in [0.4, 0.5) is 4.79 Å². The highest BCUT2D eigenvalue weighted by atomic mass is 16.6. The zero-order chi connectivity index (χ0) is 19.4. The molecular weight excluding hydrogens is 346 g/mol. The van der Waals surface area contributed by atoms with Crippen molar-refractivity contribution in [3.63, 3.8) is 0 Å². The van der Waals surface area contributed by atoms with Crippen molar-refractivity contribution >= 4 is 12.0 Å². The highest BCUT2D eigenvalue weighted by Crippen LogP contribution is 2.33. The van der Waals surface area contributed by atoms with E-state index in [1.54, 1.807) is 0 Å². The number of rotatable bonds is 6. The van der Waals surface area contributed by atoms with E-state index in [9.17, 15) is 9.59 Å². The predicted octanol–water partition coefficient (Wildman–Crippen LogP) is 1.91. The van der Waals surface area contributed by atoms with Crippen LogP contribution in [-0.4, -0.2) is 67.4 Å². The van der Waals surface area contributed by atoms with Crippen LogP contribution in [-0.2, 0) is 14.3 Å². The van der Waals surface area contributed by atoms with Crippen LogP contribution in [0.3, 0.4) is 0 Å². The van der Waals surface area contributed by atoms with Crippen molar-refractivity contribution < 1.29 is 19.1 Å². The van der Waals surface area contributed by atoms with Crippen molar-refractivity contribution in [1.29, 1.82) is 0 Å². The monoisotopic (exact) mass is 381 g/mol. The Bertz CT molecular complexity index is 530. The maximum Gasteiger partial charge on any atom is 0.410 e. The SMILES string of the molecule is CC(C)(C)OC(=O)N1CCOCC1C1CCCC1NCC(=O)NCC1CC1. The smallest absolute Gasteiger partial charge is 0.410 e. The van der Waals surface area contributed by atoms with Crippen molar-refractivity contribution in [2.24, 2.45) is 11.8 Å². The number of ether oxygens (including phenoxy) is 2. The Kier molecular flexibility index (Phi) is 6.63. The van der Waals surface area contributed by atoms with E-state index in [1.165, 1.54) is 12.8 Å². The number of carbonyl (C=O) groups is 2. The molecular formula is C20H35N3O4. The third-order valence-electron chi connectivity index (χ3n) is 5.67. The van der Waals surface area contributed by atoms with Gasteiger partial charge >= 0.3 is 6.09 Å². The van der Waals surface area contributed by atoms with Gasteiger partial charge < -0.3 is 25.0 Å². The molecule has 0 radical (unpaired) electrons. The minimum Gasteiger partial charge on any atom is -0.444 e. The Morgan fingerprint density at radius 2 is 1.96 bits per heavy atom. The third kappa shape index (κ3) is 6.07. The molecule has 3 fully saturated rings. The average molecular weight is 382 g/mol. The summed E-state index contributed by atoms with van der Waals surface area (Å²) in [5.41, 5.74) is -0.507. The summed E-state index contributed by atoms with van der Waals surface area (Å²) in [6, 6.07) is 0.233. The lowest BCUT2D eigenvalue weighted by atomic mass is 9.92. The van der Waals surface area contributed by atoms with E-state index in [0.29, 0.717) is 32.2 Å². The molecule has 7 heteroatoms. The fourth-order valence-electron chi connectivity index (χ4n) is 4.09. The molecule has 3 unspecified atom stereocenters. The maximum atomic E-state index is 12.7. The van der Waals surface area contributed by atoms with Crippen molar-refractivity contribution in [2.75, 3.05) is 32.8 Å². The summed E-state index contributed by atoms with van der Waals surface area (Å²) in [5, 5.41) is 6.44. The number of hydrogen-bond donors (Lipinski definition) is 2.